The average molecular weight is 281 g/mol. The number of nitriles is 1. The molecule has 0 radical (unpaired) electrons. The van der Waals surface area contributed by atoms with Crippen molar-refractivity contribution in [2.75, 3.05) is 7.05 Å². The highest BCUT2D eigenvalue weighted by atomic mass is 32.2. The van der Waals surface area contributed by atoms with Gasteiger partial charge in [0.25, 0.3) is 0 Å². The van der Waals surface area contributed by atoms with Crippen LogP contribution in [0.5, 0.6) is 0 Å². The molecule has 104 valence electrons. The fourth-order valence-electron chi connectivity index (χ4n) is 1.52. The van der Waals surface area contributed by atoms with Crippen molar-refractivity contribution in [2.45, 2.75) is 38.6 Å². The second-order valence-electron chi connectivity index (χ2n) is 5.55. The quantitative estimate of drug-likeness (QED) is 0.849. The molecule has 0 bridgehead atoms. The number of pyridine rings is 1. The van der Waals surface area contributed by atoms with Crippen LogP contribution in [-0.4, -0.2) is 30.8 Å². The van der Waals surface area contributed by atoms with E-state index >= 15 is 0 Å². The topological polar surface area (TPSA) is 74.1 Å². The molecule has 0 saturated heterocycles. The first-order valence-electron chi connectivity index (χ1n) is 5.95. The van der Waals surface area contributed by atoms with Gasteiger partial charge in [-0.25, -0.2) is 13.4 Å². The van der Waals surface area contributed by atoms with Crippen LogP contribution in [-0.2, 0) is 10.0 Å². The zero-order chi connectivity index (χ0) is 14.8. The number of hydrogen-bond acceptors (Lipinski definition) is 4. The minimum Gasteiger partial charge on any atom is -0.244 e. The van der Waals surface area contributed by atoms with Crippen molar-refractivity contribution in [1.82, 2.24) is 9.29 Å². The maximum atomic E-state index is 12.4. The predicted molar refractivity (Wildman–Crippen MR) is 72.8 cm³/mol. The van der Waals surface area contributed by atoms with Crippen LogP contribution in [0.2, 0.25) is 0 Å². The van der Waals surface area contributed by atoms with E-state index in [0.29, 0.717) is 0 Å². The summed E-state index contributed by atoms with van der Waals surface area (Å²) in [5.74, 6) is 0. The Morgan fingerprint density at radius 1 is 1.37 bits per heavy atom. The molecule has 0 fully saturated rings. The van der Waals surface area contributed by atoms with Gasteiger partial charge in [0, 0.05) is 19.3 Å². The van der Waals surface area contributed by atoms with Crippen molar-refractivity contribution >= 4 is 10.0 Å². The van der Waals surface area contributed by atoms with Gasteiger partial charge in [0.1, 0.15) is 16.7 Å². The first-order chi connectivity index (χ1) is 8.60. The Morgan fingerprint density at radius 3 is 2.32 bits per heavy atom. The molecule has 1 rings (SSSR count). The Bertz CT molecular complexity index is 580. The van der Waals surface area contributed by atoms with Crippen LogP contribution < -0.4 is 0 Å². The second kappa shape index (κ2) is 5.27. The van der Waals surface area contributed by atoms with Crippen molar-refractivity contribution in [3.8, 4) is 6.07 Å². The highest BCUT2D eigenvalue weighted by Crippen LogP contribution is 2.27. The fourth-order valence-corrected chi connectivity index (χ4v) is 3.01. The molecule has 0 spiro atoms. The van der Waals surface area contributed by atoms with E-state index < -0.39 is 10.0 Å². The lowest BCUT2D eigenvalue weighted by molar-refractivity contribution is 0.216. The summed E-state index contributed by atoms with van der Waals surface area (Å²) in [5.41, 5.74) is 0.0347. The summed E-state index contributed by atoms with van der Waals surface area (Å²) in [5, 5.41) is 8.66. The third kappa shape index (κ3) is 3.31. The molecule has 1 unspecified atom stereocenters. The third-order valence-electron chi connectivity index (χ3n) is 3.33. The minimum atomic E-state index is -3.58. The molecule has 0 aliphatic rings. The number of sulfonamides is 1. The van der Waals surface area contributed by atoms with E-state index in [9.17, 15) is 8.42 Å². The van der Waals surface area contributed by atoms with E-state index in [1.165, 1.54) is 22.6 Å². The van der Waals surface area contributed by atoms with Crippen LogP contribution in [0.15, 0.2) is 23.2 Å². The molecule has 0 N–H and O–H groups in total. The van der Waals surface area contributed by atoms with Crippen LogP contribution in [0.4, 0.5) is 0 Å². The van der Waals surface area contributed by atoms with Crippen LogP contribution in [0.3, 0.4) is 0 Å². The molecular weight excluding hydrogens is 262 g/mol. The van der Waals surface area contributed by atoms with Crippen molar-refractivity contribution in [2.24, 2.45) is 5.41 Å². The van der Waals surface area contributed by atoms with Gasteiger partial charge in [0.05, 0.1) is 0 Å². The molecule has 1 aromatic heterocycles. The summed E-state index contributed by atoms with van der Waals surface area (Å²) in [7, 11) is -2.03. The van der Waals surface area contributed by atoms with E-state index in [-0.39, 0.29) is 22.0 Å². The summed E-state index contributed by atoms with van der Waals surface area (Å²) in [6, 6.07) is 4.52. The molecule has 1 atom stereocenters. The Morgan fingerprint density at radius 2 is 1.95 bits per heavy atom. The molecule has 0 aliphatic heterocycles. The van der Waals surface area contributed by atoms with Gasteiger partial charge in [0.2, 0.25) is 10.0 Å². The van der Waals surface area contributed by atoms with Crippen molar-refractivity contribution in [3.63, 3.8) is 0 Å². The van der Waals surface area contributed by atoms with Gasteiger partial charge in [-0.05, 0) is 24.5 Å². The third-order valence-corrected chi connectivity index (χ3v) is 5.24. The summed E-state index contributed by atoms with van der Waals surface area (Å²) in [6.45, 7) is 7.83. The van der Waals surface area contributed by atoms with Gasteiger partial charge >= 0.3 is 0 Å². The van der Waals surface area contributed by atoms with Crippen LogP contribution in [0.1, 0.15) is 33.4 Å². The SMILES string of the molecule is CC(N(C)S(=O)(=O)c1ccc(C#N)nc1)C(C)(C)C. The molecule has 5 nitrogen and oxygen atoms in total. The Kier molecular flexibility index (Phi) is 4.33. The average Bonchev–Trinajstić information content (AvgIpc) is 2.35. The molecule has 1 heterocycles. The first-order valence-corrected chi connectivity index (χ1v) is 7.39. The molecule has 1 aromatic rings. The summed E-state index contributed by atoms with van der Waals surface area (Å²) in [6.07, 6.45) is 1.22. The lowest BCUT2D eigenvalue weighted by Gasteiger charge is -2.34. The minimum absolute atomic E-state index is 0.102. The number of aromatic nitrogens is 1. The molecule has 19 heavy (non-hydrogen) atoms. The molecule has 0 aromatic carbocycles. The smallest absolute Gasteiger partial charge is 0.244 e. The number of hydrogen-bond donors (Lipinski definition) is 0. The molecular formula is C13H19N3O2S. The highest BCUT2D eigenvalue weighted by Gasteiger charge is 2.32. The standard InChI is InChI=1S/C13H19N3O2S/c1-10(13(2,3)4)16(5)19(17,18)12-7-6-11(8-14)15-9-12/h6-7,9-10H,1-5H3. The van der Waals surface area contributed by atoms with Crippen molar-refractivity contribution in [1.29, 1.82) is 5.26 Å². The van der Waals surface area contributed by atoms with Crippen LogP contribution >= 0.6 is 0 Å². The summed E-state index contributed by atoms with van der Waals surface area (Å²) in [4.78, 5) is 3.90. The number of rotatable bonds is 3. The monoisotopic (exact) mass is 281 g/mol. The van der Waals surface area contributed by atoms with Crippen LogP contribution in [0.25, 0.3) is 0 Å². The van der Waals surface area contributed by atoms with Crippen LogP contribution in [0, 0.1) is 16.7 Å². The molecule has 0 amide bonds. The fraction of sp³-hybridized carbons (Fsp3) is 0.538. The van der Waals surface area contributed by atoms with E-state index in [0.717, 1.165) is 0 Å². The normalized spacial score (nSPS) is 14.2. The van der Waals surface area contributed by atoms with Crippen molar-refractivity contribution in [3.05, 3.63) is 24.0 Å². The maximum Gasteiger partial charge on any atom is 0.244 e. The van der Waals surface area contributed by atoms with Crippen molar-refractivity contribution < 1.29 is 8.42 Å². The lowest BCUT2D eigenvalue weighted by Crippen LogP contribution is -2.42. The zero-order valence-electron chi connectivity index (χ0n) is 11.9. The molecule has 6 heteroatoms. The second-order valence-corrected chi connectivity index (χ2v) is 7.55. The van der Waals surface area contributed by atoms with Gasteiger partial charge in [-0.3, -0.25) is 0 Å². The predicted octanol–water partition coefficient (Wildman–Crippen LogP) is 2.01. The van der Waals surface area contributed by atoms with Gasteiger partial charge in [-0.2, -0.15) is 9.57 Å². The molecule has 0 aliphatic carbocycles. The molecule has 0 saturated carbocycles. The maximum absolute atomic E-state index is 12.4. The van der Waals surface area contributed by atoms with Gasteiger partial charge < -0.3 is 0 Å². The van der Waals surface area contributed by atoms with Gasteiger partial charge in [-0.15, -0.1) is 0 Å². The Hall–Kier alpha value is -1.45. The zero-order valence-corrected chi connectivity index (χ0v) is 12.7. The van der Waals surface area contributed by atoms with Gasteiger partial charge in [0.15, 0.2) is 0 Å². The lowest BCUT2D eigenvalue weighted by atomic mass is 9.88. The Labute approximate surface area is 114 Å². The number of nitrogens with zero attached hydrogens (tertiary/aromatic N) is 3. The van der Waals surface area contributed by atoms with E-state index in [1.807, 2.05) is 33.8 Å². The van der Waals surface area contributed by atoms with Gasteiger partial charge in [-0.1, -0.05) is 20.8 Å². The highest BCUT2D eigenvalue weighted by molar-refractivity contribution is 7.89. The van der Waals surface area contributed by atoms with E-state index in [4.69, 9.17) is 5.26 Å². The summed E-state index contributed by atoms with van der Waals surface area (Å²) >= 11 is 0. The summed E-state index contributed by atoms with van der Waals surface area (Å²) < 4.78 is 26.2. The largest absolute Gasteiger partial charge is 0.244 e. The first kappa shape index (κ1) is 15.6. The van der Waals surface area contributed by atoms with E-state index in [2.05, 4.69) is 4.98 Å². The van der Waals surface area contributed by atoms with E-state index in [1.54, 1.807) is 7.05 Å². The Balaban J connectivity index is 3.13.